The summed E-state index contributed by atoms with van der Waals surface area (Å²) in [7, 11) is 11.9. The molecule has 0 saturated carbocycles. The van der Waals surface area contributed by atoms with Crippen molar-refractivity contribution in [1.82, 2.24) is 94.2 Å². The van der Waals surface area contributed by atoms with Gasteiger partial charge in [-0.1, -0.05) is 23.5 Å². The number of carbonyl (C=O) groups excluding carboxylic acids is 22. The number of nitrogens with zero attached hydrogens (tertiary/aromatic N) is 8. The molecule has 12 N–H and O–H groups in total. The van der Waals surface area contributed by atoms with Crippen LogP contribution in [-0.2, 0) is 115 Å². The quantitative estimate of drug-likeness (QED) is 0.0388. The van der Waals surface area contributed by atoms with Gasteiger partial charge in [0.25, 0.3) is 70.3 Å². The van der Waals surface area contributed by atoms with Crippen LogP contribution >= 0.6 is 0 Å². The standard InChI is InChI=1S/C11H16N4O6.C9H12N4O6.C9H13N3O6.C9H13N3O5.C8H11N3O5.C8H11N3O4/c1-6(12-20-5)11(21-13-7(2)16)8(17)14(3)10(19)15(4)9(11)18;1-4(12-18-3)9(19-13-5(2)14)6(15)10-8(17)11-7(9)16;1-9(18-10-7(15)17-4)5(13)11(2)8(16)12(3)6(9)14;1-5(13)10-17-9(2)6(14)11(3)8(16)12(4)7(9)15;1-4-8(2,16-11-7(14)15-3)5(12)10-6(13)9-4;1-4-8(3,15-11-5(2)12)6(13)10-7(14)9-4/h1-5H3,(H,13,16);1-3H3,(H,13,14)(H2,10,11,15,16,17);1-4H3,(H,10,15);1-4H3,(H,10,13);1H2,2-3H3,(H,11,14)(H2,9,10,12,13);1H2,2-3H3,(H,11,12)(H2,9,10,13,14)/b12-6+;12-4+;;;;. The molecule has 6 saturated heterocycles. The van der Waals surface area contributed by atoms with E-state index in [9.17, 15) is 105 Å². The molecule has 584 valence electrons. The number of ether oxygens (including phenoxy) is 2. The lowest BCUT2D eigenvalue weighted by Crippen LogP contribution is -2.72. The number of carbonyl (C=O) groups is 22. The molecule has 0 aliphatic carbocycles. The van der Waals surface area contributed by atoms with Crippen LogP contribution in [0.4, 0.5) is 38.4 Å². The fraction of sp³-hybridized carbons (Fsp3) is 0.481. The summed E-state index contributed by atoms with van der Waals surface area (Å²) in [5.74, 6) is -11.3. The normalized spacial score (nSPS) is 20.8. The predicted molar refractivity (Wildman–Crippen MR) is 338 cm³/mol. The number of rotatable bonds is 16. The average Bonchev–Trinajstić information content (AvgIpc) is 0.748. The van der Waals surface area contributed by atoms with Crippen molar-refractivity contribution >= 4 is 142 Å². The van der Waals surface area contributed by atoms with Crippen LogP contribution in [0.3, 0.4) is 0 Å². The van der Waals surface area contributed by atoms with E-state index in [4.69, 9.17) is 29.0 Å². The molecule has 2 unspecified atom stereocenters. The number of amides is 28. The molecule has 0 aromatic heterocycles. The number of nitrogens with one attached hydrogen (secondary N) is 12. The Labute approximate surface area is 597 Å². The number of oxime groups is 2. The van der Waals surface area contributed by atoms with E-state index in [1.165, 1.54) is 105 Å². The van der Waals surface area contributed by atoms with E-state index in [1.807, 2.05) is 48.7 Å². The Morgan fingerprint density at radius 2 is 0.557 bits per heavy atom. The number of urea groups is 6. The number of methoxy groups -OCH3 is 2. The molecule has 0 aromatic rings. The Kier molecular flexibility index (Phi) is 31.9. The molecular weight excluding hydrogens is 1440 g/mol. The first-order valence-corrected chi connectivity index (χ1v) is 28.9. The number of hydroxylamine groups is 6. The van der Waals surface area contributed by atoms with Gasteiger partial charge in [0.05, 0.1) is 25.6 Å². The second kappa shape index (κ2) is 37.2. The van der Waals surface area contributed by atoms with Gasteiger partial charge in [-0.2, -0.15) is 11.0 Å². The number of hydrogen-bond acceptors (Lipinski definition) is 34. The molecule has 106 heavy (non-hydrogen) atoms. The van der Waals surface area contributed by atoms with Gasteiger partial charge in [-0.3, -0.25) is 123 Å². The van der Waals surface area contributed by atoms with Crippen molar-refractivity contribution in [3.63, 3.8) is 0 Å². The van der Waals surface area contributed by atoms with Crippen molar-refractivity contribution in [2.75, 3.05) is 70.7 Å². The Morgan fingerprint density at radius 3 is 0.830 bits per heavy atom. The number of imide groups is 10. The van der Waals surface area contributed by atoms with E-state index >= 15 is 0 Å². The summed E-state index contributed by atoms with van der Waals surface area (Å²) in [5.41, 5.74) is -0.501. The maximum Gasteiger partial charge on any atom is 0.431 e. The van der Waals surface area contributed by atoms with E-state index in [0.717, 1.165) is 54.6 Å². The molecule has 6 aliphatic rings. The fourth-order valence-corrected chi connectivity index (χ4v) is 7.81. The zero-order valence-electron chi connectivity index (χ0n) is 60.1. The topological polar surface area (TPSA) is 656 Å². The Morgan fingerprint density at radius 1 is 0.330 bits per heavy atom. The highest BCUT2D eigenvalue weighted by Gasteiger charge is 2.62. The van der Waals surface area contributed by atoms with Crippen molar-refractivity contribution in [1.29, 1.82) is 0 Å². The van der Waals surface area contributed by atoms with Gasteiger partial charge < -0.3 is 29.8 Å². The molecule has 52 nitrogen and oxygen atoms in total. The van der Waals surface area contributed by atoms with Gasteiger partial charge in [0.1, 0.15) is 25.6 Å². The van der Waals surface area contributed by atoms with Gasteiger partial charge in [-0.15, -0.1) is 0 Å². The van der Waals surface area contributed by atoms with E-state index in [0.29, 0.717) is 9.80 Å². The van der Waals surface area contributed by atoms with Gasteiger partial charge in [0.2, 0.25) is 46.0 Å². The monoisotopic (exact) mass is 1520 g/mol. The summed E-state index contributed by atoms with van der Waals surface area (Å²) in [4.78, 5) is 294. The van der Waals surface area contributed by atoms with Gasteiger partial charge in [0, 0.05) is 70.0 Å². The SMILES string of the molecule is C=C1NC(=O)NC(=O)C1(C)ONC(=O)OC.C=C1NC(=O)NC(=O)C1(C)ONC(C)=O.CC(=O)NOC1(C)C(=O)N(C)C(=O)N(C)C1=O.CO/N=C(\C)C1(ONC(C)=O)C(=O)N(C)C(=O)N(C)C1=O.CO/N=C(\C)C1(ONC(C)=O)C(=O)NC(=O)NC1=O.COC(=O)NOC1(C)C(=O)N(C)C(=O)N(C)C1=O. The lowest BCUT2D eigenvalue weighted by molar-refractivity contribution is -0.184. The largest absolute Gasteiger partial charge is 0.451 e. The first-order valence-electron chi connectivity index (χ1n) is 28.9. The van der Waals surface area contributed by atoms with E-state index in [2.05, 4.69) is 53.3 Å². The molecule has 0 spiro atoms. The maximum absolute atomic E-state index is 12.4. The molecule has 28 amide bonds. The predicted octanol–water partition coefficient (Wildman–Crippen LogP) is -6.46. The van der Waals surface area contributed by atoms with E-state index in [1.54, 1.807) is 5.48 Å². The van der Waals surface area contributed by atoms with Gasteiger partial charge in [-0.05, 0) is 41.5 Å². The third-order valence-electron chi connectivity index (χ3n) is 13.9. The van der Waals surface area contributed by atoms with E-state index in [-0.39, 0.29) is 22.8 Å². The van der Waals surface area contributed by atoms with Crippen LogP contribution in [0.15, 0.2) is 34.9 Å². The first-order chi connectivity index (χ1) is 48.8. The second-order valence-electron chi connectivity index (χ2n) is 21.7. The van der Waals surface area contributed by atoms with Crippen LogP contribution in [0.25, 0.3) is 0 Å². The number of likely N-dealkylation sites (N-methyl/N-ethyl adjacent to an activating group) is 6. The summed E-state index contributed by atoms with van der Waals surface area (Å²) < 4.78 is 8.49. The van der Waals surface area contributed by atoms with Crippen molar-refractivity contribution in [2.24, 2.45) is 10.3 Å². The van der Waals surface area contributed by atoms with Crippen LogP contribution in [0, 0.1) is 0 Å². The maximum atomic E-state index is 12.4. The van der Waals surface area contributed by atoms with Crippen molar-refractivity contribution < 1.29 is 154 Å². The minimum Gasteiger partial charge on any atom is -0.451 e. The highest BCUT2D eigenvalue weighted by atomic mass is 16.7. The third kappa shape index (κ3) is 20.6. The fourth-order valence-electron chi connectivity index (χ4n) is 7.81. The molecule has 0 bridgehead atoms. The Balaban J connectivity index is 0.000000638. The molecule has 6 fully saturated rings. The summed E-state index contributed by atoms with van der Waals surface area (Å²) in [5, 5.41) is 19.2. The minimum atomic E-state index is -2.31. The molecule has 52 heteroatoms. The van der Waals surface area contributed by atoms with Crippen molar-refractivity contribution in [2.45, 2.75) is 103 Å². The van der Waals surface area contributed by atoms with E-state index < -0.39 is 165 Å². The number of barbiturate groups is 4. The lowest BCUT2D eigenvalue weighted by Gasteiger charge is -2.39. The smallest absolute Gasteiger partial charge is 0.431 e. The van der Waals surface area contributed by atoms with Crippen LogP contribution in [-0.4, -0.2) is 276 Å². The molecule has 2 atom stereocenters. The molecule has 0 aromatic carbocycles. The molecule has 6 aliphatic heterocycles. The average molecular weight is 1520 g/mol. The van der Waals surface area contributed by atoms with Crippen LogP contribution in [0.5, 0.6) is 0 Å². The highest BCUT2D eigenvalue weighted by molar-refractivity contribution is 6.35. The lowest BCUT2D eigenvalue weighted by atomic mass is 9.93. The van der Waals surface area contributed by atoms with Gasteiger partial charge in [-0.25, -0.2) is 84.5 Å². The Hall–Kier alpha value is -13.1. The molecule has 6 heterocycles. The van der Waals surface area contributed by atoms with Crippen LogP contribution in [0.1, 0.15) is 69.2 Å². The molecular formula is C54H76N20O32. The first kappa shape index (κ1) is 90.9. The Bertz CT molecular complexity index is 3620. The molecule has 6 rings (SSSR count). The summed E-state index contributed by atoms with van der Waals surface area (Å²) in [6.45, 7) is 19.2. The summed E-state index contributed by atoms with van der Waals surface area (Å²) in [6, 6.07) is -4.71. The zero-order valence-corrected chi connectivity index (χ0v) is 60.1. The van der Waals surface area contributed by atoms with Gasteiger partial charge >= 0.3 is 48.4 Å². The summed E-state index contributed by atoms with van der Waals surface area (Å²) >= 11 is 0. The molecule has 0 radical (unpaired) electrons. The van der Waals surface area contributed by atoms with Crippen LogP contribution < -0.4 is 64.8 Å². The zero-order chi connectivity index (χ0) is 82.4. The highest BCUT2D eigenvalue weighted by Crippen LogP contribution is 2.28. The minimum absolute atomic E-state index is 0.0117. The second-order valence-corrected chi connectivity index (χ2v) is 21.7. The summed E-state index contributed by atoms with van der Waals surface area (Å²) in [6.07, 6.45) is -1.85. The van der Waals surface area contributed by atoms with Crippen LogP contribution in [0.2, 0.25) is 0 Å². The third-order valence-corrected chi connectivity index (χ3v) is 13.9. The van der Waals surface area contributed by atoms with Crippen molar-refractivity contribution in [3.8, 4) is 0 Å². The van der Waals surface area contributed by atoms with Crippen molar-refractivity contribution in [3.05, 3.63) is 24.6 Å². The number of hydrogen-bond donors (Lipinski definition) is 12. The van der Waals surface area contributed by atoms with Gasteiger partial charge in [0.15, 0.2) is 0 Å².